The van der Waals surface area contributed by atoms with Crippen LogP contribution in [0.25, 0.3) is 0 Å². The van der Waals surface area contributed by atoms with E-state index in [-0.39, 0.29) is 5.69 Å². The second-order valence-electron chi connectivity index (χ2n) is 8.20. The van der Waals surface area contributed by atoms with Crippen molar-refractivity contribution in [1.29, 1.82) is 0 Å². The molecule has 186 valence electrons. The van der Waals surface area contributed by atoms with Gasteiger partial charge in [-0.25, -0.2) is 4.39 Å². The Labute approximate surface area is 208 Å². The number of rotatable bonds is 4. The first-order chi connectivity index (χ1) is 17.0. The molecule has 2 aromatic carbocycles. The zero-order chi connectivity index (χ0) is 25.8. The molecule has 2 aliphatic rings. The Hall–Kier alpha value is -3.45. The van der Waals surface area contributed by atoms with Gasteiger partial charge in [-0.1, -0.05) is 41.3 Å². The van der Waals surface area contributed by atoms with Crippen LogP contribution < -0.4 is 15.5 Å². The number of thioether (sulfide) groups is 1. The van der Waals surface area contributed by atoms with E-state index in [1.54, 1.807) is 0 Å². The highest BCUT2D eigenvalue weighted by molar-refractivity contribution is 8.00. The van der Waals surface area contributed by atoms with E-state index in [4.69, 9.17) is 0 Å². The molecule has 1 aromatic heterocycles. The SMILES string of the molecule is O=C(Cn1c2c(sc1=O)C(c1ccc(F)cc1)C1C(=O)NC(=O)C1S2)Nc1cccc(C(F)(F)F)c1. The fourth-order valence-corrected chi connectivity index (χ4v) is 7.06. The van der Waals surface area contributed by atoms with E-state index >= 15 is 0 Å². The summed E-state index contributed by atoms with van der Waals surface area (Å²) in [5.74, 6) is -3.83. The van der Waals surface area contributed by atoms with Crippen LogP contribution in [0, 0.1) is 11.7 Å². The minimum absolute atomic E-state index is 0.0929. The summed E-state index contributed by atoms with van der Waals surface area (Å²) >= 11 is 1.78. The van der Waals surface area contributed by atoms with E-state index in [0.29, 0.717) is 15.5 Å². The molecule has 2 aliphatic heterocycles. The molecule has 0 aliphatic carbocycles. The number of aromatic nitrogens is 1. The average Bonchev–Trinajstić information content (AvgIpc) is 3.27. The second kappa shape index (κ2) is 8.89. The number of anilines is 1. The summed E-state index contributed by atoms with van der Waals surface area (Å²) in [7, 11) is 0. The second-order valence-corrected chi connectivity index (χ2v) is 10.3. The molecule has 3 amide bonds. The van der Waals surface area contributed by atoms with Gasteiger partial charge in [-0.15, -0.1) is 0 Å². The van der Waals surface area contributed by atoms with Gasteiger partial charge >= 0.3 is 11.0 Å². The van der Waals surface area contributed by atoms with Gasteiger partial charge in [0.05, 0.1) is 16.5 Å². The van der Waals surface area contributed by atoms with E-state index in [1.807, 2.05) is 0 Å². The molecular weight excluding hydrogens is 522 g/mol. The summed E-state index contributed by atoms with van der Waals surface area (Å²) in [5, 5.41) is 4.09. The van der Waals surface area contributed by atoms with Crippen molar-refractivity contribution in [2.75, 3.05) is 5.32 Å². The van der Waals surface area contributed by atoms with Gasteiger partial charge in [0.1, 0.15) is 17.6 Å². The molecule has 0 spiro atoms. The summed E-state index contributed by atoms with van der Waals surface area (Å²) < 4.78 is 53.6. The van der Waals surface area contributed by atoms with E-state index in [0.717, 1.165) is 45.9 Å². The molecule has 7 nitrogen and oxygen atoms in total. The van der Waals surface area contributed by atoms with Gasteiger partial charge in [0.15, 0.2) is 0 Å². The van der Waals surface area contributed by atoms with Crippen LogP contribution in [0.3, 0.4) is 0 Å². The minimum Gasteiger partial charge on any atom is -0.325 e. The molecule has 5 rings (SSSR count). The standard InChI is InChI=1S/C23H15F4N3O4S2/c24-12-6-4-10(5-7-12)15-16-17(20(33)29-19(16)32)35-21-18(15)36-22(34)30(21)9-14(31)28-13-3-1-2-11(8-13)23(25,26)27/h1-8,15-17H,9H2,(H,28,31)(H,29,32,33). The third-order valence-corrected chi connectivity index (χ3v) is 8.51. The molecule has 0 bridgehead atoms. The molecule has 0 saturated carbocycles. The lowest BCUT2D eigenvalue weighted by atomic mass is 9.83. The van der Waals surface area contributed by atoms with Crippen molar-refractivity contribution in [3.05, 3.63) is 80.0 Å². The van der Waals surface area contributed by atoms with Crippen molar-refractivity contribution in [2.45, 2.75) is 28.9 Å². The number of alkyl halides is 3. The van der Waals surface area contributed by atoms with Gasteiger partial charge in [-0.2, -0.15) is 13.2 Å². The summed E-state index contributed by atoms with van der Waals surface area (Å²) in [6.45, 7) is -0.517. The highest BCUT2D eigenvalue weighted by Crippen LogP contribution is 2.51. The predicted molar refractivity (Wildman–Crippen MR) is 123 cm³/mol. The van der Waals surface area contributed by atoms with Crippen LogP contribution in [-0.4, -0.2) is 27.5 Å². The first-order valence-electron chi connectivity index (χ1n) is 10.5. The summed E-state index contributed by atoms with van der Waals surface area (Å²) in [6.07, 6.45) is -4.59. The van der Waals surface area contributed by atoms with Crippen LogP contribution in [0.2, 0.25) is 0 Å². The normalized spacial score (nSPS) is 21.1. The highest BCUT2D eigenvalue weighted by atomic mass is 32.2. The molecule has 13 heteroatoms. The van der Waals surface area contributed by atoms with Crippen LogP contribution in [0.4, 0.5) is 23.2 Å². The lowest BCUT2D eigenvalue weighted by molar-refractivity contribution is -0.137. The molecule has 1 saturated heterocycles. The van der Waals surface area contributed by atoms with E-state index < -0.39 is 63.8 Å². The minimum atomic E-state index is -4.59. The quantitative estimate of drug-likeness (QED) is 0.392. The summed E-state index contributed by atoms with van der Waals surface area (Å²) in [5.41, 5.74) is -0.504. The number of carbonyl (C=O) groups is 3. The topological polar surface area (TPSA) is 97.3 Å². The van der Waals surface area contributed by atoms with E-state index in [1.165, 1.54) is 30.3 Å². The molecular formula is C23H15F4N3O4S2. The molecule has 36 heavy (non-hydrogen) atoms. The van der Waals surface area contributed by atoms with Gasteiger partial charge in [0.2, 0.25) is 17.7 Å². The number of hydrogen-bond donors (Lipinski definition) is 2. The maximum Gasteiger partial charge on any atom is 0.416 e. The largest absolute Gasteiger partial charge is 0.416 e. The summed E-state index contributed by atoms with van der Waals surface area (Å²) in [6, 6.07) is 9.45. The third-order valence-electron chi connectivity index (χ3n) is 5.89. The van der Waals surface area contributed by atoms with Crippen molar-refractivity contribution in [3.8, 4) is 0 Å². The number of thiazole rings is 1. The van der Waals surface area contributed by atoms with Gasteiger partial charge in [0.25, 0.3) is 0 Å². The zero-order valence-electron chi connectivity index (χ0n) is 18.0. The van der Waals surface area contributed by atoms with Gasteiger partial charge in [0, 0.05) is 16.5 Å². The fraction of sp³-hybridized carbons (Fsp3) is 0.217. The molecule has 0 radical (unpaired) electrons. The molecule has 3 heterocycles. The van der Waals surface area contributed by atoms with Crippen LogP contribution in [0.5, 0.6) is 0 Å². The molecule has 3 aromatic rings. The molecule has 2 N–H and O–H groups in total. The zero-order valence-corrected chi connectivity index (χ0v) is 19.6. The smallest absolute Gasteiger partial charge is 0.325 e. The number of benzene rings is 2. The van der Waals surface area contributed by atoms with Crippen molar-refractivity contribution >= 4 is 46.5 Å². The van der Waals surface area contributed by atoms with Crippen molar-refractivity contribution in [1.82, 2.24) is 9.88 Å². The third kappa shape index (κ3) is 4.32. The van der Waals surface area contributed by atoms with Crippen LogP contribution in [0.1, 0.15) is 21.9 Å². The van der Waals surface area contributed by atoms with Crippen molar-refractivity contribution in [3.63, 3.8) is 0 Å². The van der Waals surface area contributed by atoms with Crippen molar-refractivity contribution < 1.29 is 31.9 Å². The summed E-state index contributed by atoms with van der Waals surface area (Å²) in [4.78, 5) is 50.6. The number of amides is 3. The number of nitrogens with zero attached hydrogens (tertiary/aromatic N) is 1. The van der Waals surface area contributed by atoms with Crippen LogP contribution in [-0.2, 0) is 27.1 Å². The van der Waals surface area contributed by atoms with E-state index in [9.17, 15) is 36.7 Å². The molecule has 3 unspecified atom stereocenters. The monoisotopic (exact) mass is 537 g/mol. The Morgan fingerprint density at radius 2 is 1.78 bits per heavy atom. The van der Waals surface area contributed by atoms with Gasteiger partial charge in [-0.05, 0) is 35.9 Å². The Kier molecular flexibility index (Phi) is 5.99. The number of carbonyl (C=O) groups excluding carboxylic acids is 3. The van der Waals surface area contributed by atoms with Gasteiger partial charge < -0.3 is 5.32 Å². The number of hydrogen-bond acceptors (Lipinski definition) is 6. The maximum atomic E-state index is 13.5. The lowest BCUT2D eigenvalue weighted by Gasteiger charge is -2.30. The number of nitrogens with one attached hydrogen (secondary N) is 2. The number of fused-ring (bicyclic) bond motifs is 2. The van der Waals surface area contributed by atoms with E-state index in [2.05, 4.69) is 10.6 Å². The molecule has 3 atom stereocenters. The van der Waals surface area contributed by atoms with Crippen molar-refractivity contribution in [2.24, 2.45) is 5.92 Å². The van der Waals surface area contributed by atoms with Gasteiger partial charge in [-0.3, -0.25) is 29.1 Å². The lowest BCUT2D eigenvalue weighted by Crippen LogP contribution is -2.32. The first-order valence-corrected chi connectivity index (χ1v) is 12.2. The Morgan fingerprint density at radius 3 is 2.47 bits per heavy atom. The Morgan fingerprint density at radius 1 is 1.06 bits per heavy atom. The molecule has 1 fully saturated rings. The predicted octanol–water partition coefficient (Wildman–Crippen LogP) is 3.59. The average molecular weight is 538 g/mol. The Bertz CT molecular complexity index is 1450. The first kappa shape index (κ1) is 24.3. The van der Waals surface area contributed by atoms with Crippen LogP contribution >= 0.6 is 23.1 Å². The highest BCUT2D eigenvalue weighted by Gasteiger charge is 2.52. The Balaban J connectivity index is 1.49. The number of imide groups is 1. The maximum absolute atomic E-state index is 13.5. The van der Waals surface area contributed by atoms with Crippen LogP contribution in [0.15, 0.2) is 58.4 Å². The fourth-order valence-electron chi connectivity index (χ4n) is 4.32. The number of halogens is 4.